The van der Waals surface area contributed by atoms with Crippen molar-refractivity contribution in [1.29, 1.82) is 0 Å². The Morgan fingerprint density at radius 2 is 1.52 bits per heavy atom. The lowest BCUT2D eigenvalue weighted by atomic mass is 10.1. The van der Waals surface area contributed by atoms with Gasteiger partial charge in [-0.05, 0) is 101 Å². The summed E-state index contributed by atoms with van der Waals surface area (Å²) in [6.45, 7) is 10.9. The maximum atomic E-state index is 6.26. The molecule has 0 saturated carbocycles. The zero-order valence-corrected chi connectivity index (χ0v) is 19.6. The SMILES string of the molecule is C/C=C/COc1cc(C)c(OC(C)CCC(C)Oc2ccc(/C=N/OC)cc2)c(C)c1. The van der Waals surface area contributed by atoms with Gasteiger partial charge in [0, 0.05) is 0 Å². The maximum Gasteiger partial charge on any atom is 0.125 e. The van der Waals surface area contributed by atoms with Gasteiger partial charge in [-0.2, -0.15) is 0 Å². The smallest absolute Gasteiger partial charge is 0.125 e. The molecule has 2 aromatic carbocycles. The number of hydrogen-bond donors (Lipinski definition) is 0. The molecule has 168 valence electrons. The predicted molar refractivity (Wildman–Crippen MR) is 127 cm³/mol. The lowest BCUT2D eigenvalue weighted by Crippen LogP contribution is -2.19. The lowest BCUT2D eigenvalue weighted by molar-refractivity contribution is 0.159. The fraction of sp³-hybridized carbons (Fsp3) is 0.423. The van der Waals surface area contributed by atoms with Crippen molar-refractivity contribution in [3.8, 4) is 17.2 Å². The Hall–Kier alpha value is -2.95. The number of hydrogen-bond acceptors (Lipinski definition) is 5. The molecule has 2 atom stereocenters. The van der Waals surface area contributed by atoms with Crippen molar-refractivity contribution < 1.29 is 19.0 Å². The van der Waals surface area contributed by atoms with Crippen molar-refractivity contribution in [3.63, 3.8) is 0 Å². The summed E-state index contributed by atoms with van der Waals surface area (Å²) in [6.07, 6.45) is 7.62. The highest BCUT2D eigenvalue weighted by molar-refractivity contribution is 5.79. The fourth-order valence-electron chi connectivity index (χ4n) is 3.19. The van der Waals surface area contributed by atoms with Gasteiger partial charge in [-0.1, -0.05) is 17.3 Å². The Bertz CT molecular complexity index is 835. The van der Waals surface area contributed by atoms with E-state index in [4.69, 9.17) is 19.0 Å². The van der Waals surface area contributed by atoms with E-state index in [-0.39, 0.29) is 12.2 Å². The number of oxime groups is 1. The summed E-state index contributed by atoms with van der Waals surface area (Å²) in [5.41, 5.74) is 3.14. The first-order chi connectivity index (χ1) is 14.9. The molecule has 0 radical (unpaired) electrons. The molecule has 5 nitrogen and oxygen atoms in total. The van der Waals surface area contributed by atoms with Crippen LogP contribution in [0.15, 0.2) is 53.7 Å². The molecule has 5 heteroatoms. The fourth-order valence-corrected chi connectivity index (χ4v) is 3.19. The number of nitrogens with zero attached hydrogens (tertiary/aromatic N) is 1. The van der Waals surface area contributed by atoms with Gasteiger partial charge in [0.2, 0.25) is 0 Å². The molecular formula is C26H35NO4. The second-order valence-electron chi connectivity index (χ2n) is 7.69. The molecule has 0 aliphatic carbocycles. The van der Waals surface area contributed by atoms with Gasteiger partial charge in [-0.25, -0.2) is 0 Å². The average molecular weight is 426 g/mol. The number of aryl methyl sites for hydroxylation is 2. The Kier molecular flexibility index (Phi) is 9.95. The van der Waals surface area contributed by atoms with Crippen molar-refractivity contribution >= 4 is 6.21 Å². The first-order valence-electron chi connectivity index (χ1n) is 10.8. The molecule has 0 saturated heterocycles. The Morgan fingerprint density at radius 1 is 0.903 bits per heavy atom. The minimum atomic E-state index is 0.0888. The topological polar surface area (TPSA) is 49.3 Å². The summed E-state index contributed by atoms with van der Waals surface area (Å²) < 4.78 is 18.0. The zero-order chi connectivity index (χ0) is 22.6. The van der Waals surface area contributed by atoms with E-state index in [0.29, 0.717) is 6.61 Å². The number of benzene rings is 2. The molecule has 0 aliphatic heterocycles. The molecule has 0 bridgehead atoms. The van der Waals surface area contributed by atoms with E-state index in [1.165, 1.54) is 7.11 Å². The third-order valence-electron chi connectivity index (χ3n) is 4.84. The zero-order valence-electron chi connectivity index (χ0n) is 19.6. The summed E-state index contributed by atoms with van der Waals surface area (Å²) in [5.74, 6) is 2.65. The van der Waals surface area contributed by atoms with Crippen molar-refractivity contribution in [2.45, 2.75) is 59.7 Å². The van der Waals surface area contributed by atoms with Crippen LogP contribution < -0.4 is 14.2 Å². The normalized spacial score (nSPS) is 13.4. The highest BCUT2D eigenvalue weighted by Gasteiger charge is 2.13. The highest BCUT2D eigenvalue weighted by atomic mass is 16.6. The molecule has 0 heterocycles. The Labute approximate surface area is 186 Å². The van der Waals surface area contributed by atoms with E-state index < -0.39 is 0 Å². The Balaban J connectivity index is 1.84. The Morgan fingerprint density at radius 3 is 2.10 bits per heavy atom. The van der Waals surface area contributed by atoms with E-state index in [1.54, 1.807) is 6.21 Å². The minimum Gasteiger partial charge on any atom is -0.491 e. The highest BCUT2D eigenvalue weighted by Crippen LogP contribution is 2.30. The third kappa shape index (κ3) is 8.36. The third-order valence-corrected chi connectivity index (χ3v) is 4.84. The second-order valence-corrected chi connectivity index (χ2v) is 7.69. The summed E-state index contributed by atoms with van der Waals surface area (Å²) in [5, 5.41) is 3.76. The van der Waals surface area contributed by atoms with Crippen LogP contribution in [0.5, 0.6) is 17.2 Å². The summed E-state index contributed by atoms with van der Waals surface area (Å²) in [7, 11) is 1.53. The molecule has 2 unspecified atom stereocenters. The second kappa shape index (κ2) is 12.7. The van der Waals surface area contributed by atoms with Crippen molar-refractivity contribution in [2.24, 2.45) is 5.16 Å². The van der Waals surface area contributed by atoms with Crippen molar-refractivity contribution in [3.05, 3.63) is 65.2 Å². The maximum absolute atomic E-state index is 6.26. The van der Waals surface area contributed by atoms with Crippen LogP contribution in [0.25, 0.3) is 0 Å². The van der Waals surface area contributed by atoms with E-state index in [2.05, 4.69) is 32.9 Å². The summed E-state index contributed by atoms with van der Waals surface area (Å²) in [4.78, 5) is 4.70. The molecule has 0 N–H and O–H groups in total. The van der Waals surface area contributed by atoms with E-state index >= 15 is 0 Å². The van der Waals surface area contributed by atoms with Gasteiger partial charge in [-0.3, -0.25) is 0 Å². The van der Waals surface area contributed by atoms with E-state index in [9.17, 15) is 0 Å². The van der Waals surface area contributed by atoms with Crippen LogP contribution in [-0.2, 0) is 4.84 Å². The molecule has 0 fully saturated rings. The molecule has 2 aromatic rings. The van der Waals surface area contributed by atoms with Gasteiger partial charge in [0.15, 0.2) is 0 Å². The molecule has 31 heavy (non-hydrogen) atoms. The van der Waals surface area contributed by atoms with Crippen LogP contribution >= 0.6 is 0 Å². The van der Waals surface area contributed by atoms with Crippen LogP contribution in [0.3, 0.4) is 0 Å². The quantitative estimate of drug-likeness (QED) is 0.229. The molecule has 0 spiro atoms. The summed E-state index contributed by atoms with van der Waals surface area (Å²) in [6, 6.07) is 11.9. The standard InChI is InChI=1S/C26H35NO4/c1-7-8-15-29-25-16-19(2)26(20(3)17-25)31-22(5)10-9-21(4)30-24-13-11-23(12-14-24)18-27-28-6/h7-8,11-14,16-18,21-22H,9-10,15H2,1-6H3/b8-7+,27-18+. The summed E-state index contributed by atoms with van der Waals surface area (Å²) >= 11 is 0. The number of allylic oxidation sites excluding steroid dienone is 1. The van der Waals surface area contributed by atoms with Gasteiger partial charge in [0.1, 0.15) is 31.0 Å². The largest absolute Gasteiger partial charge is 0.491 e. The van der Waals surface area contributed by atoms with Crippen LogP contribution in [0.2, 0.25) is 0 Å². The molecule has 0 aromatic heterocycles. The average Bonchev–Trinajstić information content (AvgIpc) is 2.74. The van der Waals surface area contributed by atoms with Crippen molar-refractivity contribution in [2.75, 3.05) is 13.7 Å². The molecular weight excluding hydrogens is 390 g/mol. The molecule has 0 aliphatic rings. The van der Waals surface area contributed by atoms with Crippen molar-refractivity contribution in [1.82, 2.24) is 0 Å². The first kappa shape index (κ1) is 24.3. The predicted octanol–water partition coefficient (Wildman–Crippen LogP) is 6.25. The first-order valence-corrected chi connectivity index (χ1v) is 10.8. The number of rotatable bonds is 12. The monoisotopic (exact) mass is 425 g/mol. The lowest BCUT2D eigenvalue weighted by Gasteiger charge is -2.21. The van der Waals surface area contributed by atoms with Gasteiger partial charge in [0.25, 0.3) is 0 Å². The van der Waals surface area contributed by atoms with Crippen LogP contribution in [0.4, 0.5) is 0 Å². The van der Waals surface area contributed by atoms with Crippen LogP contribution in [0, 0.1) is 13.8 Å². The van der Waals surface area contributed by atoms with Gasteiger partial charge in [-0.15, -0.1) is 0 Å². The van der Waals surface area contributed by atoms with Gasteiger partial charge in [0.05, 0.1) is 18.4 Å². The van der Waals surface area contributed by atoms with Crippen LogP contribution in [0.1, 0.15) is 50.3 Å². The molecule has 0 amide bonds. The van der Waals surface area contributed by atoms with Crippen LogP contribution in [-0.4, -0.2) is 32.1 Å². The van der Waals surface area contributed by atoms with E-state index in [0.717, 1.165) is 46.8 Å². The van der Waals surface area contributed by atoms with Gasteiger partial charge >= 0.3 is 0 Å². The van der Waals surface area contributed by atoms with Gasteiger partial charge < -0.3 is 19.0 Å². The molecule has 2 rings (SSSR count). The van der Waals surface area contributed by atoms with E-state index in [1.807, 2.05) is 55.5 Å². The minimum absolute atomic E-state index is 0.0888. The number of ether oxygens (including phenoxy) is 3.